The van der Waals surface area contributed by atoms with E-state index < -0.39 is 6.36 Å². The van der Waals surface area contributed by atoms with Crippen LogP contribution in [0.15, 0.2) is 42.7 Å². The maximum atomic E-state index is 12.4. The number of alkyl halides is 3. The van der Waals surface area contributed by atoms with E-state index in [1.54, 1.807) is 35.1 Å². The zero-order valence-corrected chi connectivity index (χ0v) is 12.0. The molecule has 2 aromatic heterocycles. The molecule has 0 spiro atoms. The molecule has 0 saturated carbocycles. The zero-order chi connectivity index (χ0) is 16.4. The molecule has 0 bridgehead atoms. The molecule has 0 aliphatic carbocycles. The van der Waals surface area contributed by atoms with Gasteiger partial charge in [0.2, 0.25) is 0 Å². The first-order chi connectivity index (χ1) is 11.0. The number of halogens is 3. The number of rotatable bonds is 4. The van der Waals surface area contributed by atoms with Crippen molar-refractivity contribution in [3.05, 3.63) is 48.3 Å². The number of pyridine rings is 1. The molecule has 120 valence electrons. The average molecular weight is 323 g/mol. The van der Waals surface area contributed by atoms with Crippen LogP contribution < -0.4 is 4.74 Å². The lowest BCUT2D eigenvalue weighted by atomic mass is 10.0. The number of ether oxygens (including phenoxy) is 2. The van der Waals surface area contributed by atoms with Crippen molar-refractivity contribution >= 4 is 5.52 Å². The van der Waals surface area contributed by atoms with E-state index in [1.807, 2.05) is 6.07 Å². The largest absolute Gasteiger partial charge is 0.573 e. The Bertz CT molecular complexity index is 830. The van der Waals surface area contributed by atoms with Crippen LogP contribution in [0.3, 0.4) is 0 Å². The summed E-state index contributed by atoms with van der Waals surface area (Å²) >= 11 is 0. The third-order valence-corrected chi connectivity index (χ3v) is 3.22. The van der Waals surface area contributed by atoms with Crippen molar-refractivity contribution in [1.29, 1.82) is 0 Å². The van der Waals surface area contributed by atoms with Crippen LogP contribution in [-0.4, -0.2) is 28.3 Å². The molecule has 5 nitrogen and oxygen atoms in total. The fourth-order valence-corrected chi connectivity index (χ4v) is 2.26. The maximum absolute atomic E-state index is 12.4. The van der Waals surface area contributed by atoms with Crippen LogP contribution in [0.25, 0.3) is 16.6 Å². The van der Waals surface area contributed by atoms with Gasteiger partial charge in [-0.1, -0.05) is 11.3 Å². The van der Waals surface area contributed by atoms with Crippen molar-refractivity contribution in [2.24, 2.45) is 0 Å². The summed E-state index contributed by atoms with van der Waals surface area (Å²) in [5.74, 6) is -0.268. The van der Waals surface area contributed by atoms with Gasteiger partial charge in [0, 0.05) is 18.9 Å². The van der Waals surface area contributed by atoms with Gasteiger partial charge >= 0.3 is 6.36 Å². The first-order valence-corrected chi connectivity index (χ1v) is 6.64. The predicted octanol–water partition coefficient (Wildman–Crippen LogP) is 3.44. The van der Waals surface area contributed by atoms with Gasteiger partial charge in [-0.3, -0.25) is 0 Å². The van der Waals surface area contributed by atoms with Crippen molar-refractivity contribution in [2.45, 2.75) is 13.0 Å². The number of methoxy groups -OCH3 is 1. The second kappa shape index (κ2) is 5.88. The van der Waals surface area contributed by atoms with Gasteiger partial charge < -0.3 is 9.47 Å². The molecule has 3 aromatic rings. The summed E-state index contributed by atoms with van der Waals surface area (Å²) in [6, 6.07) is 8.11. The van der Waals surface area contributed by atoms with E-state index >= 15 is 0 Å². The quantitative estimate of drug-likeness (QED) is 0.738. The van der Waals surface area contributed by atoms with E-state index in [0.717, 1.165) is 16.6 Å². The molecule has 0 saturated heterocycles. The number of hydrogen-bond acceptors (Lipinski definition) is 4. The monoisotopic (exact) mass is 323 g/mol. The van der Waals surface area contributed by atoms with Crippen molar-refractivity contribution in [3.63, 3.8) is 0 Å². The first kappa shape index (κ1) is 15.3. The SMILES string of the molecule is COCc1cc(-c2ccn3nncc3c2)ccc1OC(F)(F)F. The molecule has 8 heteroatoms. The zero-order valence-electron chi connectivity index (χ0n) is 12.0. The fraction of sp³-hybridized carbons (Fsp3) is 0.200. The third kappa shape index (κ3) is 3.42. The van der Waals surface area contributed by atoms with Gasteiger partial charge in [-0.25, -0.2) is 4.52 Å². The maximum Gasteiger partial charge on any atom is 0.573 e. The topological polar surface area (TPSA) is 48.7 Å². The van der Waals surface area contributed by atoms with Crippen LogP contribution >= 0.6 is 0 Å². The highest BCUT2D eigenvalue weighted by atomic mass is 19.4. The number of nitrogens with zero attached hydrogens (tertiary/aromatic N) is 3. The number of benzene rings is 1. The lowest BCUT2D eigenvalue weighted by Gasteiger charge is -2.14. The summed E-state index contributed by atoms with van der Waals surface area (Å²) in [6.45, 7) is 0.00966. The van der Waals surface area contributed by atoms with Gasteiger partial charge in [0.25, 0.3) is 0 Å². The molecule has 0 aliphatic rings. The predicted molar refractivity (Wildman–Crippen MR) is 75.8 cm³/mol. The number of fused-ring (bicyclic) bond motifs is 1. The van der Waals surface area contributed by atoms with Gasteiger partial charge in [-0.15, -0.1) is 18.3 Å². The van der Waals surface area contributed by atoms with Crippen LogP contribution in [0, 0.1) is 0 Å². The minimum atomic E-state index is -4.74. The summed E-state index contributed by atoms with van der Waals surface area (Å²) in [5, 5.41) is 7.64. The van der Waals surface area contributed by atoms with E-state index in [-0.39, 0.29) is 12.4 Å². The lowest BCUT2D eigenvalue weighted by molar-refractivity contribution is -0.275. The Kier molecular flexibility index (Phi) is 3.91. The molecule has 1 aromatic carbocycles. The van der Waals surface area contributed by atoms with E-state index in [0.29, 0.717) is 5.56 Å². The minimum absolute atomic E-state index is 0.00966. The Morgan fingerprint density at radius 1 is 1.13 bits per heavy atom. The highest BCUT2D eigenvalue weighted by Crippen LogP contribution is 2.31. The summed E-state index contributed by atoms with van der Waals surface area (Å²) < 4.78 is 47.9. The molecule has 0 fully saturated rings. The van der Waals surface area contributed by atoms with Crippen molar-refractivity contribution < 1.29 is 22.6 Å². The average Bonchev–Trinajstić information content (AvgIpc) is 2.95. The van der Waals surface area contributed by atoms with Gasteiger partial charge in [0.15, 0.2) is 0 Å². The molecule has 23 heavy (non-hydrogen) atoms. The van der Waals surface area contributed by atoms with E-state index in [1.165, 1.54) is 13.2 Å². The Balaban J connectivity index is 2.00. The van der Waals surface area contributed by atoms with E-state index in [4.69, 9.17) is 4.74 Å². The highest BCUT2D eigenvalue weighted by molar-refractivity contribution is 5.69. The first-order valence-electron chi connectivity index (χ1n) is 6.64. The summed E-state index contributed by atoms with van der Waals surface area (Å²) in [7, 11) is 1.41. The Labute approximate surface area is 129 Å². The molecule has 0 radical (unpaired) electrons. The molecule has 3 rings (SSSR count). The van der Waals surface area contributed by atoms with Crippen LogP contribution in [-0.2, 0) is 11.3 Å². The van der Waals surface area contributed by atoms with E-state index in [9.17, 15) is 13.2 Å². The van der Waals surface area contributed by atoms with Crippen LogP contribution in [0.2, 0.25) is 0 Å². The third-order valence-electron chi connectivity index (χ3n) is 3.22. The summed E-state index contributed by atoms with van der Waals surface area (Å²) in [4.78, 5) is 0. The Hall–Kier alpha value is -2.61. The smallest absolute Gasteiger partial charge is 0.405 e. The lowest BCUT2D eigenvalue weighted by Crippen LogP contribution is -2.18. The van der Waals surface area contributed by atoms with Crippen LogP contribution in [0.4, 0.5) is 13.2 Å². The molecule has 0 amide bonds. The van der Waals surface area contributed by atoms with Gasteiger partial charge in [0.1, 0.15) is 5.75 Å². The van der Waals surface area contributed by atoms with Gasteiger partial charge in [-0.05, 0) is 35.4 Å². The van der Waals surface area contributed by atoms with Crippen molar-refractivity contribution in [3.8, 4) is 16.9 Å². The standard InChI is InChI=1S/C15H12F3N3O2/c1-22-9-12-6-10(2-3-14(12)23-15(16,17)18)11-4-5-21-13(7-11)8-19-20-21/h2-8H,9H2,1H3. The normalized spacial score (nSPS) is 11.8. The molecule has 0 atom stereocenters. The second-order valence-corrected chi connectivity index (χ2v) is 4.82. The molecular formula is C15H12F3N3O2. The van der Waals surface area contributed by atoms with Crippen molar-refractivity contribution in [1.82, 2.24) is 14.8 Å². The Morgan fingerprint density at radius 2 is 1.91 bits per heavy atom. The summed E-state index contributed by atoms with van der Waals surface area (Å²) in [6.07, 6.45) is -1.42. The molecular weight excluding hydrogens is 311 g/mol. The fourth-order valence-electron chi connectivity index (χ4n) is 2.26. The molecule has 0 unspecified atom stereocenters. The highest BCUT2D eigenvalue weighted by Gasteiger charge is 2.32. The van der Waals surface area contributed by atoms with Gasteiger partial charge in [0.05, 0.1) is 18.3 Å². The minimum Gasteiger partial charge on any atom is -0.405 e. The number of aromatic nitrogens is 3. The van der Waals surface area contributed by atoms with Crippen molar-refractivity contribution in [2.75, 3.05) is 7.11 Å². The number of hydrogen-bond donors (Lipinski definition) is 0. The second-order valence-electron chi connectivity index (χ2n) is 4.82. The van der Waals surface area contributed by atoms with Crippen LogP contribution in [0.5, 0.6) is 5.75 Å². The van der Waals surface area contributed by atoms with E-state index in [2.05, 4.69) is 15.0 Å². The Morgan fingerprint density at radius 3 is 2.65 bits per heavy atom. The molecule has 2 heterocycles. The summed E-state index contributed by atoms with van der Waals surface area (Å²) in [5.41, 5.74) is 2.67. The van der Waals surface area contributed by atoms with Gasteiger partial charge in [-0.2, -0.15) is 0 Å². The van der Waals surface area contributed by atoms with Crippen LogP contribution in [0.1, 0.15) is 5.56 Å². The molecule has 0 N–H and O–H groups in total. The molecule has 0 aliphatic heterocycles.